The molecule has 3 aromatic rings. The van der Waals surface area contributed by atoms with Gasteiger partial charge in [0.25, 0.3) is 0 Å². The fraction of sp³-hybridized carbons (Fsp3) is 0.304. The molecule has 0 unspecified atom stereocenters. The largest absolute Gasteiger partial charge is 0.416 e. The zero-order chi connectivity index (χ0) is 24.0. The highest BCUT2D eigenvalue weighted by Crippen LogP contribution is 2.36. The Kier molecular flexibility index (Phi) is 9.96. The second kappa shape index (κ2) is 12.2. The quantitative estimate of drug-likeness (QED) is 0.242. The van der Waals surface area contributed by atoms with Gasteiger partial charge in [0.2, 0.25) is 5.91 Å². The molecular weight excluding hydrogens is 497 g/mol. The van der Waals surface area contributed by atoms with Crippen molar-refractivity contribution in [2.45, 2.75) is 38.3 Å². The highest BCUT2D eigenvalue weighted by molar-refractivity contribution is 7.14. The van der Waals surface area contributed by atoms with Crippen molar-refractivity contribution in [1.82, 2.24) is 4.98 Å². The maximum Gasteiger partial charge on any atom is 0.416 e. The third-order valence-corrected chi connectivity index (χ3v) is 5.76. The van der Waals surface area contributed by atoms with Crippen molar-refractivity contribution in [1.29, 1.82) is 0 Å². The number of anilines is 2. The van der Waals surface area contributed by atoms with Gasteiger partial charge in [0.15, 0.2) is 5.13 Å². The first-order valence-corrected chi connectivity index (χ1v) is 11.2. The molecule has 0 aliphatic heterocycles. The Hall–Kier alpha value is -2.56. The van der Waals surface area contributed by atoms with Crippen molar-refractivity contribution in [3.8, 4) is 11.3 Å². The van der Waals surface area contributed by atoms with Crippen LogP contribution in [0.1, 0.15) is 37.7 Å². The van der Waals surface area contributed by atoms with E-state index in [1.807, 2.05) is 0 Å². The van der Waals surface area contributed by atoms with Crippen LogP contribution in [-0.2, 0) is 11.0 Å². The maximum atomic E-state index is 14.2. The second-order valence-corrected chi connectivity index (χ2v) is 8.20. The lowest BCUT2D eigenvalue weighted by Crippen LogP contribution is -2.25. The first-order valence-electron chi connectivity index (χ1n) is 10.3. The van der Waals surface area contributed by atoms with Crippen LogP contribution in [0.5, 0.6) is 0 Å². The van der Waals surface area contributed by atoms with E-state index in [0.717, 1.165) is 54.9 Å². The molecule has 3 rings (SSSR count). The topological polar surface area (TPSA) is 59.2 Å². The van der Waals surface area contributed by atoms with Crippen LogP contribution in [0, 0.1) is 11.6 Å². The van der Waals surface area contributed by atoms with Gasteiger partial charge in [0.05, 0.1) is 16.9 Å². The number of thiazole rings is 1. The lowest BCUT2D eigenvalue weighted by Gasteiger charge is -2.21. The van der Waals surface area contributed by atoms with E-state index in [-0.39, 0.29) is 46.8 Å². The summed E-state index contributed by atoms with van der Waals surface area (Å²) in [4.78, 5) is 18.6. The number of amides is 1. The van der Waals surface area contributed by atoms with Crippen molar-refractivity contribution < 1.29 is 26.7 Å². The predicted octanol–water partition coefficient (Wildman–Crippen LogP) is 7.10. The molecule has 2 N–H and O–H groups in total. The summed E-state index contributed by atoms with van der Waals surface area (Å²) in [6.07, 6.45) is -1.27. The Morgan fingerprint density at radius 2 is 1.68 bits per heavy atom. The summed E-state index contributed by atoms with van der Waals surface area (Å²) >= 11 is 1.04. The average molecular weight is 520 g/mol. The van der Waals surface area contributed by atoms with Crippen LogP contribution in [0.4, 0.5) is 32.8 Å². The molecule has 0 saturated carbocycles. The number of alkyl halides is 3. The van der Waals surface area contributed by atoms with E-state index in [2.05, 4.69) is 4.98 Å². The highest BCUT2D eigenvalue weighted by Gasteiger charge is 2.31. The predicted molar refractivity (Wildman–Crippen MR) is 125 cm³/mol. The summed E-state index contributed by atoms with van der Waals surface area (Å²) in [5.74, 6) is -1.88. The van der Waals surface area contributed by atoms with Gasteiger partial charge < -0.3 is 5.73 Å². The van der Waals surface area contributed by atoms with Gasteiger partial charge in [-0.3, -0.25) is 9.69 Å². The average Bonchev–Trinajstić information content (AvgIpc) is 3.22. The van der Waals surface area contributed by atoms with Crippen molar-refractivity contribution in [3.63, 3.8) is 0 Å². The molecule has 11 heteroatoms. The molecule has 2 aromatic carbocycles. The van der Waals surface area contributed by atoms with E-state index in [1.54, 1.807) is 0 Å². The van der Waals surface area contributed by atoms with Crippen molar-refractivity contribution in [2.24, 2.45) is 5.73 Å². The fourth-order valence-electron chi connectivity index (χ4n) is 3.23. The van der Waals surface area contributed by atoms with E-state index in [9.17, 15) is 26.7 Å². The minimum atomic E-state index is -4.51. The van der Waals surface area contributed by atoms with E-state index < -0.39 is 23.4 Å². The van der Waals surface area contributed by atoms with Crippen molar-refractivity contribution in [2.75, 3.05) is 11.4 Å². The van der Waals surface area contributed by atoms with Gasteiger partial charge in [-0.15, -0.1) is 23.7 Å². The molecule has 184 valence electrons. The lowest BCUT2D eigenvalue weighted by atomic mass is 10.1. The molecule has 1 aromatic heterocycles. The van der Waals surface area contributed by atoms with Gasteiger partial charge >= 0.3 is 6.18 Å². The summed E-state index contributed by atoms with van der Waals surface area (Å²) in [6, 6.07) is 7.26. The normalized spacial score (nSPS) is 11.2. The molecule has 4 nitrogen and oxygen atoms in total. The summed E-state index contributed by atoms with van der Waals surface area (Å²) in [5.41, 5.74) is 5.10. The first kappa shape index (κ1) is 27.7. The van der Waals surface area contributed by atoms with Crippen LogP contribution >= 0.6 is 23.7 Å². The van der Waals surface area contributed by atoms with E-state index >= 15 is 0 Å². The summed E-state index contributed by atoms with van der Waals surface area (Å²) in [5, 5.41) is 1.69. The van der Waals surface area contributed by atoms with Crippen LogP contribution in [-0.4, -0.2) is 17.4 Å². The van der Waals surface area contributed by atoms with Crippen LogP contribution in [0.3, 0.4) is 0 Å². The number of hydrogen-bond donors (Lipinski definition) is 1. The van der Waals surface area contributed by atoms with Crippen molar-refractivity contribution in [3.05, 3.63) is 65.0 Å². The molecule has 34 heavy (non-hydrogen) atoms. The highest BCUT2D eigenvalue weighted by atomic mass is 35.5. The number of unbranched alkanes of at least 4 members (excludes halogenated alkanes) is 3. The minimum Gasteiger partial charge on any atom is -0.330 e. The van der Waals surface area contributed by atoms with Gasteiger partial charge in [0.1, 0.15) is 11.6 Å². The molecule has 0 radical (unpaired) electrons. The zero-order valence-electron chi connectivity index (χ0n) is 17.9. The van der Waals surface area contributed by atoms with Gasteiger partial charge in [0, 0.05) is 23.4 Å². The number of nitrogens with zero attached hydrogens (tertiary/aromatic N) is 2. The third kappa shape index (κ3) is 6.97. The molecule has 0 bridgehead atoms. The first-order chi connectivity index (χ1) is 15.7. The minimum absolute atomic E-state index is 0. The number of carbonyl (C=O) groups is 1. The monoisotopic (exact) mass is 519 g/mol. The Balaban J connectivity index is 0.00000408. The van der Waals surface area contributed by atoms with Gasteiger partial charge in [-0.25, -0.2) is 13.8 Å². The van der Waals surface area contributed by atoms with Gasteiger partial charge in [-0.2, -0.15) is 13.2 Å². The van der Waals surface area contributed by atoms with Gasteiger partial charge in [-0.05, 0) is 55.8 Å². The number of nitrogens with two attached hydrogens (primary N) is 1. The molecule has 1 amide bonds. The Bertz CT molecular complexity index is 1090. The van der Waals surface area contributed by atoms with E-state index in [4.69, 9.17) is 5.73 Å². The zero-order valence-corrected chi connectivity index (χ0v) is 19.6. The van der Waals surface area contributed by atoms with Crippen LogP contribution in [0.25, 0.3) is 11.3 Å². The molecule has 0 saturated heterocycles. The fourth-order valence-corrected chi connectivity index (χ4v) is 4.09. The number of halogens is 6. The number of benzene rings is 2. The molecule has 1 heterocycles. The van der Waals surface area contributed by atoms with Crippen LogP contribution in [0.2, 0.25) is 0 Å². The smallest absolute Gasteiger partial charge is 0.330 e. The summed E-state index contributed by atoms with van der Waals surface area (Å²) in [6.45, 7) is 0.563. The Morgan fingerprint density at radius 1 is 1.00 bits per heavy atom. The Labute approximate surface area is 204 Å². The van der Waals surface area contributed by atoms with Crippen LogP contribution < -0.4 is 10.6 Å². The van der Waals surface area contributed by atoms with Crippen molar-refractivity contribution >= 4 is 40.5 Å². The standard InChI is InChI=1S/C23H22F5N3OS.ClH/c24-16-8-11-18(19(25)13-16)20-14-33-22(30-20)31(21(32)5-3-1-2-4-12-29)17-9-6-15(7-10-17)23(26,27)28;/h6-11,13-14H,1-5,12,29H2;1H. The van der Waals surface area contributed by atoms with E-state index in [1.165, 1.54) is 28.5 Å². The number of hydrogen-bond acceptors (Lipinski definition) is 4. The SMILES string of the molecule is Cl.NCCCCCCC(=O)N(c1ccc(C(F)(F)F)cc1)c1nc(-c2ccc(F)cc2F)cs1. The summed E-state index contributed by atoms with van der Waals surface area (Å²) in [7, 11) is 0. The number of rotatable bonds is 9. The molecular formula is C23H23ClF5N3OS. The van der Waals surface area contributed by atoms with Crippen LogP contribution in [0.15, 0.2) is 47.8 Å². The maximum absolute atomic E-state index is 14.2. The Morgan fingerprint density at radius 3 is 2.29 bits per heavy atom. The lowest BCUT2D eigenvalue weighted by molar-refractivity contribution is -0.137. The number of carbonyl (C=O) groups excluding carboxylic acids is 1. The van der Waals surface area contributed by atoms with E-state index in [0.29, 0.717) is 13.0 Å². The van der Waals surface area contributed by atoms with Gasteiger partial charge in [-0.1, -0.05) is 12.8 Å². The molecule has 0 fully saturated rings. The third-order valence-electron chi connectivity index (χ3n) is 4.94. The summed E-state index contributed by atoms with van der Waals surface area (Å²) < 4.78 is 66.3. The molecule has 0 aliphatic carbocycles. The molecule has 0 aliphatic rings. The molecule has 0 spiro atoms. The second-order valence-electron chi connectivity index (χ2n) is 7.37. The number of aromatic nitrogens is 1. The molecule has 0 atom stereocenters.